The van der Waals surface area contributed by atoms with Crippen LogP contribution in [0.5, 0.6) is 0 Å². The zero-order valence-electron chi connectivity index (χ0n) is 13.5. The lowest BCUT2D eigenvalue weighted by Crippen LogP contribution is -1.95. The van der Waals surface area contributed by atoms with Crippen molar-refractivity contribution in [3.63, 3.8) is 0 Å². The van der Waals surface area contributed by atoms with Crippen LogP contribution in [0.2, 0.25) is 0 Å². The summed E-state index contributed by atoms with van der Waals surface area (Å²) in [5.41, 5.74) is 5.23. The van der Waals surface area contributed by atoms with Crippen LogP contribution in [0.4, 0.5) is 0 Å². The summed E-state index contributed by atoms with van der Waals surface area (Å²) in [6.07, 6.45) is 5.42. The van der Waals surface area contributed by atoms with E-state index >= 15 is 0 Å². The van der Waals surface area contributed by atoms with Gasteiger partial charge in [0.15, 0.2) is 5.65 Å². The lowest BCUT2D eigenvalue weighted by atomic mass is 10.1. The van der Waals surface area contributed by atoms with Crippen molar-refractivity contribution in [3.05, 3.63) is 71.8 Å². The fourth-order valence-electron chi connectivity index (χ4n) is 2.81. The molecule has 5 aromatic rings. The van der Waals surface area contributed by atoms with Crippen molar-refractivity contribution in [2.75, 3.05) is 0 Å². The van der Waals surface area contributed by atoms with Gasteiger partial charge in [0, 0.05) is 29.7 Å². The van der Waals surface area contributed by atoms with E-state index in [0.29, 0.717) is 5.65 Å². The van der Waals surface area contributed by atoms with Gasteiger partial charge in [0.05, 0.1) is 9.75 Å². The molecule has 0 aliphatic heterocycles. The van der Waals surface area contributed by atoms with Crippen molar-refractivity contribution in [1.29, 1.82) is 0 Å². The summed E-state index contributed by atoms with van der Waals surface area (Å²) < 4.78 is 0. The van der Waals surface area contributed by atoms with Gasteiger partial charge in [-0.1, -0.05) is 18.2 Å². The molecule has 0 unspecified atom stereocenters. The maximum absolute atomic E-state index is 4.93. The van der Waals surface area contributed by atoms with Crippen LogP contribution in [0, 0.1) is 0 Å². The molecule has 0 radical (unpaired) electrons. The van der Waals surface area contributed by atoms with E-state index in [2.05, 4.69) is 32.9 Å². The van der Waals surface area contributed by atoms with Gasteiger partial charge in [-0.05, 0) is 35.0 Å². The summed E-state index contributed by atoms with van der Waals surface area (Å²) in [7, 11) is 0. The zero-order chi connectivity index (χ0) is 17.3. The summed E-state index contributed by atoms with van der Waals surface area (Å²) in [4.78, 5) is 20.7. The predicted octanol–water partition coefficient (Wildman–Crippen LogP) is 5.54. The van der Waals surface area contributed by atoms with Gasteiger partial charge in [-0.3, -0.25) is 4.98 Å². The number of pyridine rings is 2. The molecule has 26 heavy (non-hydrogen) atoms. The highest BCUT2D eigenvalue weighted by Crippen LogP contribution is 2.35. The summed E-state index contributed by atoms with van der Waals surface area (Å²) >= 11 is 3.33. The molecule has 0 saturated heterocycles. The highest BCUT2D eigenvalue weighted by Gasteiger charge is 2.15. The summed E-state index contributed by atoms with van der Waals surface area (Å²) in [6.45, 7) is 0. The Bertz CT molecular complexity index is 1170. The fraction of sp³-hybridized carbons (Fsp3) is 0. The van der Waals surface area contributed by atoms with Crippen molar-refractivity contribution >= 4 is 33.8 Å². The molecular formula is C20H12N4S2. The van der Waals surface area contributed by atoms with Gasteiger partial charge in [-0.15, -0.1) is 22.7 Å². The number of fused-ring (bicyclic) bond motifs is 1. The Morgan fingerprint density at radius 2 is 1.50 bits per heavy atom. The Balaban J connectivity index is 1.75. The quantitative estimate of drug-likeness (QED) is 0.417. The molecule has 0 bridgehead atoms. The second-order valence-corrected chi connectivity index (χ2v) is 7.58. The first kappa shape index (κ1) is 15.3. The molecule has 0 N–H and O–H groups in total. The maximum atomic E-state index is 4.93. The SMILES string of the molecule is c1cncc(-c2cnc3nc(-c4cccs4)c(-c4cccs4)nc3c2)c1. The largest absolute Gasteiger partial charge is 0.264 e. The average molecular weight is 372 g/mol. The van der Waals surface area contributed by atoms with Crippen LogP contribution in [-0.4, -0.2) is 19.9 Å². The van der Waals surface area contributed by atoms with E-state index in [1.165, 1.54) is 0 Å². The second kappa shape index (κ2) is 6.40. The predicted molar refractivity (Wildman–Crippen MR) is 107 cm³/mol. The molecule has 124 valence electrons. The first-order valence-electron chi connectivity index (χ1n) is 8.04. The van der Waals surface area contributed by atoms with Crippen molar-refractivity contribution in [3.8, 4) is 32.3 Å². The van der Waals surface area contributed by atoms with E-state index in [1.807, 2.05) is 42.7 Å². The van der Waals surface area contributed by atoms with Gasteiger partial charge < -0.3 is 0 Å². The van der Waals surface area contributed by atoms with Crippen LogP contribution in [0.1, 0.15) is 0 Å². The topological polar surface area (TPSA) is 51.6 Å². The van der Waals surface area contributed by atoms with Crippen LogP contribution in [-0.2, 0) is 0 Å². The molecule has 5 heterocycles. The molecule has 0 fully saturated rings. The van der Waals surface area contributed by atoms with Crippen molar-refractivity contribution in [1.82, 2.24) is 19.9 Å². The molecule has 5 rings (SSSR count). The highest BCUT2D eigenvalue weighted by molar-refractivity contribution is 7.14. The minimum absolute atomic E-state index is 0.654. The van der Waals surface area contributed by atoms with E-state index in [1.54, 1.807) is 28.9 Å². The van der Waals surface area contributed by atoms with Gasteiger partial charge in [0.2, 0.25) is 0 Å². The molecule has 0 saturated carbocycles. The van der Waals surface area contributed by atoms with Gasteiger partial charge in [-0.2, -0.15) is 0 Å². The third-order valence-corrected chi connectivity index (χ3v) is 5.78. The monoisotopic (exact) mass is 372 g/mol. The summed E-state index contributed by atoms with van der Waals surface area (Å²) in [5.74, 6) is 0. The molecule has 0 aliphatic rings. The lowest BCUT2D eigenvalue weighted by Gasteiger charge is -2.08. The third-order valence-electron chi connectivity index (χ3n) is 4.03. The second-order valence-electron chi connectivity index (χ2n) is 5.68. The Kier molecular flexibility index (Phi) is 3.77. The van der Waals surface area contributed by atoms with Crippen molar-refractivity contribution in [2.24, 2.45) is 0 Å². The first-order chi connectivity index (χ1) is 12.9. The molecular weight excluding hydrogens is 360 g/mol. The molecule has 6 heteroatoms. The average Bonchev–Trinajstić information content (AvgIpc) is 3.41. The van der Waals surface area contributed by atoms with Gasteiger partial charge >= 0.3 is 0 Å². The van der Waals surface area contributed by atoms with Crippen LogP contribution in [0.15, 0.2) is 71.8 Å². The van der Waals surface area contributed by atoms with Crippen LogP contribution >= 0.6 is 22.7 Å². The molecule has 5 aromatic heterocycles. The van der Waals surface area contributed by atoms with E-state index in [0.717, 1.165) is 37.8 Å². The third kappa shape index (κ3) is 2.69. The molecule has 0 aromatic carbocycles. The van der Waals surface area contributed by atoms with Gasteiger partial charge in [-0.25, -0.2) is 15.0 Å². The van der Waals surface area contributed by atoms with E-state index in [9.17, 15) is 0 Å². The minimum Gasteiger partial charge on any atom is -0.264 e. The standard InChI is InChI=1S/C20H12N4S2/c1-4-13(11-21-7-1)14-10-15-20(22-12-14)24-19(17-6-3-9-26-17)18(23-15)16-5-2-8-25-16/h1-12H. The van der Waals surface area contributed by atoms with E-state index in [-0.39, 0.29) is 0 Å². The normalized spacial score (nSPS) is 11.1. The summed E-state index contributed by atoms with van der Waals surface area (Å²) in [5, 5.41) is 4.11. The summed E-state index contributed by atoms with van der Waals surface area (Å²) in [6, 6.07) is 14.2. The molecule has 4 nitrogen and oxygen atoms in total. The van der Waals surface area contributed by atoms with Gasteiger partial charge in [0.1, 0.15) is 16.9 Å². The minimum atomic E-state index is 0.654. The molecule has 0 spiro atoms. The number of thiophene rings is 2. The van der Waals surface area contributed by atoms with Crippen LogP contribution in [0.25, 0.3) is 43.4 Å². The molecule has 0 amide bonds. The van der Waals surface area contributed by atoms with Gasteiger partial charge in [0.25, 0.3) is 0 Å². The van der Waals surface area contributed by atoms with E-state index in [4.69, 9.17) is 9.97 Å². The fourth-order valence-corrected chi connectivity index (χ4v) is 4.24. The molecule has 0 atom stereocenters. The Morgan fingerprint density at radius 1 is 0.731 bits per heavy atom. The van der Waals surface area contributed by atoms with Crippen molar-refractivity contribution < 1.29 is 0 Å². The maximum Gasteiger partial charge on any atom is 0.178 e. The molecule has 0 aliphatic carbocycles. The Hall–Kier alpha value is -2.96. The number of rotatable bonds is 3. The van der Waals surface area contributed by atoms with Crippen LogP contribution in [0.3, 0.4) is 0 Å². The smallest absolute Gasteiger partial charge is 0.178 e. The number of aromatic nitrogens is 4. The van der Waals surface area contributed by atoms with E-state index < -0.39 is 0 Å². The Labute approximate surface area is 157 Å². The first-order valence-corrected chi connectivity index (χ1v) is 9.80. The highest BCUT2D eigenvalue weighted by atomic mass is 32.1. The number of hydrogen-bond donors (Lipinski definition) is 0. The van der Waals surface area contributed by atoms with Crippen molar-refractivity contribution in [2.45, 2.75) is 0 Å². The lowest BCUT2D eigenvalue weighted by molar-refractivity contribution is 1.23. The van der Waals surface area contributed by atoms with Crippen LogP contribution < -0.4 is 0 Å². The zero-order valence-corrected chi connectivity index (χ0v) is 15.2. The number of hydrogen-bond acceptors (Lipinski definition) is 6. The Morgan fingerprint density at radius 3 is 2.15 bits per heavy atom. The number of nitrogens with zero attached hydrogens (tertiary/aromatic N) is 4.